The molecule has 0 spiro atoms. The predicted octanol–water partition coefficient (Wildman–Crippen LogP) is 2.60. The Morgan fingerprint density at radius 2 is 1.73 bits per heavy atom. The highest BCUT2D eigenvalue weighted by atomic mass is 19.1. The van der Waals surface area contributed by atoms with Gasteiger partial charge < -0.3 is 5.32 Å². The molecule has 1 aromatic rings. The third-order valence-electron chi connectivity index (χ3n) is 2.54. The summed E-state index contributed by atoms with van der Waals surface area (Å²) in [6, 6.07) is 1.41. The fourth-order valence-corrected chi connectivity index (χ4v) is 1.46. The Bertz CT molecular complexity index is 338. The molecule has 4 heteroatoms. The average Bonchev–Trinajstić information content (AvgIpc) is 2.93. The molecule has 0 amide bonds. The molecule has 0 bridgehead atoms. The van der Waals surface area contributed by atoms with Gasteiger partial charge in [-0.25, -0.2) is 13.2 Å². The van der Waals surface area contributed by atoms with Crippen molar-refractivity contribution in [2.24, 2.45) is 5.92 Å². The molecule has 0 radical (unpaired) electrons. The molecule has 1 fully saturated rings. The third kappa shape index (κ3) is 2.72. The Labute approximate surface area is 86.3 Å². The van der Waals surface area contributed by atoms with Crippen molar-refractivity contribution in [1.82, 2.24) is 5.32 Å². The molecule has 1 nitrogen and oxygen atoms in total. The molecule has 1 saturated carbocycles. The largest absolute Gasteiger partial charge is 0.312 e. The third-order valence-corrected chi connectivity index (χ3v) is 2.54. The molecular weight excluding hydrogens is 203 g/mol. The molecule has 0 aromatic heterocycles. The zero-order valence-corrected chi connectivity index (χ0v) is 8.19. The molecule has 0 saturated heterocycles. The molecule has 1 aliphatic rings. The highest BCUT2D eigenvalue weighted by molar-refractivity contribution is 5.20. The molecule has 1 aliphatic carbocycles. The van der Waals surface area contributed by atoms with E-state index in [4.69, 9.17) is 0 Å². The summed E-state index contributed by atoms with van der Waals surface area (Å²) in [5.41, 5.74) is -0.0861. The minimum Gasteiger partial charge on any atom is -0.312 e. The van der Waals surface area contributed by atoms with Crippen molar-refractivity contribution in [3.05, 3.63) is 35.1 Å². The lowest BCUT2D eigenvalue weighted by Crippen LogP contribution is -2.18. The summed E-state index contributed by atoms with van der Waals surface area (Å²) in [4.78, 5) is 0. The maximum absolute atomic E-state index is 13.1. The van der Waals surface area contributed by atoms with Crippen molar-refractivity contribution < 1.29 is 13.2 Å². The van der Waals surface area contributed by atoms with Crippen molar-refractivity contribution >= 4 is 0 Å². The van der Waals surface area contributed by atoms with Crippen molar-refractivity contribution in [2.45, 2.75) is 19.4 Å². The fraction of sp³-hybridized carbons (Fsp3) is 0.455. The Balaban J connectivity index is 1.99. The predicted molar refractivity (Wildman–Crippen MR) is 50.7 cm³/mol. The van der Waals surface area contributed by atoms with Crippen LogP contribution in [-0.4, -0.2) is 6.54 Å². The molecule has 0 heterocycles. The summed E-state index contributed by atoms with van der Waals surface area (Å²) in [6.45, 7) is 0.894. The van der Waals surface area contributed by atoms with Gasteiger partial charge in [-0.2, -0.15) is 0 Å². The van der Waals surface area contributed by atoms with Gasteiger partial charge in [0.05, 0.1) is 0 Å². The molecule has 2 rings (SSSR count). The lowest BCUT2D eigenvalue weighted by atomic mass is 10.2. The zero-order chi connectivity index (χ0) is 10.8. The lowest BCUT2D eigenvalue weighted by molar-refractivity contribution is 0.507. The normalized spacial score (nSPS) is 15.7. The van der Waals surface area contributed by atoms with Gasteiger partial charge >= 0.3 is 0 Å². The average molecular weight is 215 g/mol. The van der Waals surface area contributed by atoms with E-state index in [1.807, 2.05) is 0 Å². The Hall–Kier alpha value is -1.03. The van der Waals surface area contributed by atoms with Gasteiger partial charge in [-0.15, -0.1) is 0 Å². The van der Waals surface area contributed by atoms with E-state index in [9.17, 15) is 13.2 Å². The van der Waals surface area contributed by atoms with Gasteiger partial charge in [-0.1, -0.05) is 0 Å². The van der Waals surface area contributed by atoms with Crippen LogP contribution < -0.4 is 5.32 Å². The number of nitrogens with one attached hydrogen (secondary N) is 1. The first-order valence-corrected chi connectivity index (χ1v) is 5.01. The van der Waals surface area contributed by atoms with Gasteiger partial charge in [-0.05, 0) is 25.3 Å². The van der Waals surface area contributed by atoms with Gasteiger partial charge in [-0.3, -0.25) is 0 Å². The van der Waals surface area contributed by atoms with Crippen LogP contribution in [0.1, 0.15) is 18.4 Å². The van der Waals surface area contributed by atoms with Crippen LogP contribution >= 0.6 is 0 Å². The quantitative estimate of drug-likeness (QED) is 0.814. The first-order chi connectivity index (χ1) is 7.16. The van der Waals surface area contributed by atoms with E-state index in [1.165, 1.54) is 12.8 Å². The smallest absolute Gasteiger partial charge is 0.133 e. The van der Waals surface area contributed by atoms with Crippen LogP contribution in [0.3, 0.4) is 0 Å². The Morgan fingerprint density at radius 3 is 2.27 bits per heavy atom. The Morgan fingerprint density at radius 1 is 1.13 bits per heavy atom. The monoisotopic (exact) mass is 215 g/mol. The first kappa shape index (κ1) is 10.5. The minimum atomic E-state index is -0.879. The van der Waals surface area contributed by atoms with E-state index in [0.29, 0.717) is 18.1 Å². The molecule has 1 aromatic carbocycles. The minimum absolute atomic E-state index is 0.0861. The van der Waals surface area contributed by atoms with Crippen LogP contribution in [0, 0.1) is 23.4 Å². The maximum atomic E-state index is 13.1. The first-order valence-electron chi connectivity index (χ1n) is 5.01. The second-order valence-electron chi connectivity index (χ2n) is 3.92. The highest BCUT2D eigenvalue weighted by Crippen LogP contribution is 2.27. The van der Waals surface area contributed by atoms with Crippen LogP contribution in [0.2, 0.25) is 0 Å². The van der Waals surface area contributed by atoms with Gasteiger partial charge in [0.1, 0.15) is 17.5 Å². The van der Waals surface area contributed by atoms with Crippen molar-refractivity contribution in [1.29, 1.82) is 0 Å². The van der Waals surface area contributed by atoms with E-state index in [1.54, 1.807) is 0 Å². The Kier molecular flexibility index (Phi) is 2.95. The molecule has 15 heavy (non-hydrogen) atoms. The summed E-state index contributed by atoms with van der Waals surface area (Å²) in [7, 11) is 0. The van der Waals surface area contributed by atoms with E-state index < -0.39 is 17.5 Å². The van der Waals surface area contributed by atoms with Gasteiger partial charge in [0.2, 0.25) is 0 Å². The number of hydrogen-bond donors (Lipinski definition) is 1. The van der Waals surface area contributed by atoms with Crippen LogP contribution in [0.5, 0.6) is 0 Å². The number of rotatable bonds is 4. The van der Waals surface area contributed by atoms with Crippen molar-refractivity contribution in [2.75, 3.05) is 6.54 Å². The summed E-state index contributed by atoms with van der Waals surface area (Å²) in [5.74, 6) is -1.88. The van der Waals surface area contributed by atoms with Gasteiger partial charge in [0, 0.05) is 24.2 Å². The molecular formula is C11H12F3N. The SMILES string of the molecule is Fc1cc(F)c(CNCC2CC2)c(F)c1. The van der Waals surface area contributed by atoms with Crippen LogP contribution in [0.25, 0.3) is 0 Å². The van der Waals surface area contributed by atoms with Crippen LogP contribution in [0.15, 0.2) is 12.1 Å². The van der Waals surface area contributed by atoms with E-state index >= 15 is 0 Å². The summed E-state index contributed by atoms with van der Waals surface area (Å²) < 4.78 is 38.8. The van der Waals surface area contributed by atoms with Gasteiger partial charge in [0.15, 0.2) is 0 Å². The lowest BCUT2D eigenvalue weighted by Gasteiger charge is -2.06. The topological polar surface area (TPSA) is 12.0 Å². The number of benzene rings is 1. The molecule has 82 valence electrons. The maximum Gasteiger partial charge on any atom is 0.133 e. The van der Waals surface area contributed by atoms with Crippen molar-refractivity contribution in [3.8, 4) is 0 Å². The fourth-order valence-electron chi connectivity index (χ4n) is 1.46. The molecule has 1 N–H and O–H groups in total. The standard InChI is InChI=1S/C11H12F3N/c12-8-3-10(13)9(11(14)4-8)6-15-5-7-1-2-7/h3-4,7,15H,1-2,5-6H2. The van der Waals surface area contributed by atoms with Crippen LogP contribution in [-0.2, 0) is 6.54 Å². The van der Waals surface area contributed by atoms with Gasteiger partial charge in [0.25, 0.3) is 0 Å². The second-order valence-corrected chi connectivity index (χ2v) is 3.92. The van der Waals surface area contributed by atoms with E-state index in [2.05, 4.69) is 5.32 Å². The second kappa shape index (κ2) is 4.23. The van der Waals surface area contributed by atoms with Crippen molar-refractivity contribution in [3.63, 3.8) is 0 Å². The molecule has 0 atom stereocenters. The summed E-state index contributed by atoms with van der Waals surface area (Å²) in [6.07, 6.45) is 2.36. The number of hydrogen-bond acceptors (Lipinski definition) is 1. The number of halogens is 3. The van der Waals surface area contributed by atoms with E-state index in [0.717, 1.165) is 6.54 Å². The van der Waals surface area contributed by atoms with E-state index in [-0.39, 0.29) is 12.1 Å². The van der Waals surface area contributed by atoms with Crippen LogP contribution in [0.4, 0.5) is 13.2 Å². The molecule has 0 unspecified atom stereocenters. The zero-order valence-electron chi connectivity index (χ0n) is 8.19. The molecule has 0 aliphatic heterocycles. The summed E-state index contributed by atoms with van der Waals surface area (Å²) in [5, 5.41) is 2.96. The summed E-state index contributed by atoms with van der Waals surface area (Å²) >= 11 is 0. The highest BCUT2D eigenvalue weighted by Gasteiger charge is 2.20.